The molecule has 5 heteroatoms. The number of benzene rings is 2. The molecule has 0 fully saturated rings. The molecular formula is C15H12BrCl2NO. The summed E-state index contributed by atoms with van der Waals surface area (Å²) in [6.07, 6.45) is 0.659. The lowest BCUT2D eigenvalue weighted by molar-refractivity contribution is 0.0953. The van der Waals surface area contributed by atoms with Gasteiger partial charge in [0.05, 0.1) is 5.56 Å². The minimum absolute atomic E-state index is 0.109. The molecule has 2 rings (SSSR count). The lowest BCUT2D eigenvalue weighted by atomic mass is 10.1. The molecule has 0 aliphatic heterocycles. The fourth-order valence-electron chi connectivity index (χ4n) is 1.78. The van der Waals surface area contributed by atoms with Crippen molar-refractivity contribution in [1.82, 2.24) is 5.32 Å². The van der Waals surface area contributed by atoms with Gasteiger partial charge in [-0.15, -0.1) is 0 Å². The first-order chi connectivity index (χ1) is 9.58. The zero-order valence-corrected chi connectivity index (χ0v) is 13.6. The predicted molar refractivity (Wildman–Crippen MR) is 86.6 cm³/mol. The monoisotopic (exact) mass is 371 g/mol. The van der Waals surface area contributed by atoms with Gasteiger partial charge in [-0.1, -0.05) is 41.4 Å². The highest BCUT2D eigenvalue weighted by atomic mass is 79.9. The average Bonchev–Trinajstić information content (AvgIpc) is 2.41. The summed E-state index contributed by atoms with van der Waals surface area (Å²) < 4.78 is 0.780. The number of carbonyl (C=O) groups excluding carboxylic acids is 1. The number of carbonyl (C=O) groups is 1. The highest BCUT2D eigenvalue weighted by molar-refractivity contribution is 9.10. The molecule has 0 aromatic heterocycles. The van der Waals surface area contributed by atoms with Crippen molar-refractivity contribution in [1.29, 1.82) is 0 Å². The molecule has 2 aromatic rings. The average molecular weight is 373 g/mol. The molecule has 0 bridgehead atoms. The van der Waals surface area contributed by atoms with E-state index >= 15 is 0 Å². The van der Waals surface area contributed by atoms with Crippen LogP contribution in [0.2, 0.25) is 10.0 Å². The van der Waals surface area contributed by atoms with Gasteiger partial charge in [0.1, 0.15) is 0 Å². The number of rotatable bonds is 4. The van der Waals surface area contributed by atoms with Crippen molar-refractivity contribution in [2.75, 3.05) is 6.54 Å². The Hall–Kier alpha value is -1.03. The van der Waals surface area contributed by atoms with Crippen LogP contribution in [0.5, 0.6) is 0 Å². The third-order valence-corrected chi connectivity index (χ3v) is 4.09. The van der Waals surface area contributed by atoms with Crippen molar-refractivity contribution >= 4 is 45.0 Å². The maximum atomic E-state index is 12.0. The summed E-state index contributed by atoms with van der Waals surface area (Å²) in [5.41, 5.74) is 1.58. The molecule has 0 atom stereocenters. The van der Waals surface area contributed by atoms with Gasteiger partial charge in [0, 0.05) is 21.1 Å². The van der Waals surface area contributed by atoms with Crippen LogP contribution < -0.4 is 5.32 Å². The molecule has 2 nitrogen and oxygen atoms in total. The molecule has 0 saturated heterocycles. The van der Waals surface area contributed by atoms with Crippen LogP contribution in [0.15, 0.2) is 46.9 Å². The number of nitrogens with one attached hydrogen (secondary N) is 1. The van der Waals surface area contributed by atoms with Crippen molar-refractivity contribution in [3.63, 3.8) is 0 Å². The van der Waals surface area contributed by atoms with E-state index in [1.54, 1.807) is 18.2 Å². The number of hydrogen-bond acceptors (Lipinski definition) is 1. The first kappa shape index (κ1) is 15.4. The molecule has 0 radical (unpaired) electrons. The predicted octanol–water partition coefficient (Wildman–Crippen LogP) is 4.73. The lowest BCUT2D eigenvalue weighted by Crippen LogP contribution is -2.26. The second kappa shape index (κ2) is 7.11. The third-order valence-electron chi connectivity index (χ3n) is 2.81. The molecule has 104 valence electrons. The molecule has 0 saturated carbocycles. The minimum atomic E-state index is -0.109. The SMILES string of the molecule is O=C(NCCc1ccc(Cl)cc1Cl)c1ccccc1Br. The van der Waals surface area contributed by atoms with E-state index in [4.69, 9.17) is 23.2 Å². The van der Waals surface area contributed by atoms with Gasteiger partial charge in [0.15, 0.2) is 0 Å². The molecule has 0 aliphatic carbocycles. The van der Waals surface area contributed by atoms with E-state index in [2.05, 4.69) is 21.2 Å². The normalized spacial score (nSPS) is 10.3. The van der Waals surface area contributed by atoms with E-state index in [1.807, 2.05) is 24.3 Å². The van der Waals surface area contributed by atoms with Gasteiger partial charge in [0.25, 0.3) is 5.91 Å². The molecule has 0 heterocycles. The van der Waals surface area contributed by atoms with Crippen molar-refractivity contribution < 1.29 is 4.79 Å². The van der Waals surface area contributed by atoms with Gasteiger partial charge in [-0.3, -0.25) is 4.79 Å². The standard InChI is InChI=1S/C15H12BrCl2NO/c16-13-4-2-1-3-12(13)15(20)19-8-7-10-5-6-11(17)9-14(10)18/h1-6,9H,7-8H2,(H,19,20). The smallest absolute Gasteiger partial charge is 0.252 e. The number of amides is 1. The maximum absolute atomic E-state index is 12.0. The Bertz CT molecular complexity index is 631. The van der Waals surface area contributed by atoms with Crippen molar-refractivity contribution in [3.8, 4) is 0 Å². The van der Waals surface area contributed by atoms with Crippen LogP contribution in [0.3, 0.4) is 0 Å². The van der Waals surface area contributed by atoms with Gasteiger partial charge >= 0.3 is 0 Å². The summed E-state index contributed by atoms with van der Waals surface area (Å²) >= 11 is 15.3. The topological polar surface area (TPSA) is 29.1 Å². The highest BCUT2D eigenvalue weighted by Gasteiger charge is 2.08. The molecule has 1 N–H and O–H groups in total. The Balaban J connectivity index is 1.93. The lowest BCUT2D eigenvalue weighted by Gasteiger charge is -2.08. The largest absolute Gasteiger partial charge is 0.352 e. The minimum Gasteiger partial charge on any atom is -0.352 e. The second-order valence-corrected chi connectivity index (χ2v) is 5.92. The van der Waals surface area contributed by atoms with E-state index in [0.29, 0.717) is 28.6 Å². The summed E-state index contributed by atoms with van der Waals surface area (Å²) in [6.45, 7) is 0.515. The number of halogens is 3. The molecule has 0 spiro atoms. The van der Waals surface area contributed by atoms with Crippen molar-refractivity contribution in [2.24, 2.45) is 0 Å². The van der Waals surface area contributed by atoms with Crippen LogP contribution in [0.25, 0.3) is 0 Å². The van der Waals surface area contributed by atoms with Gasteiger partial charge in [-0.05, 0) is 52.2 Å². The quantitative estimate of drug-likeness (QED) is 0.825. The maximum Gasteiger partial charge on any atom is 0.252 e. The van der Waals surface area contributed by atoms with Crippen LogP contribution in [0.1, 0.15) is 15.9 Å². The van der Waals surface area contributed by atoms with E-state index in [9.17, 15) is 4.79 Å². The van der Waals surface area contributed by atoms with Crippen molar-refractivity contribution in [2.45, 2.75) is 6.42 Å². The van der Waals surface area contributed by atoms with Gasteiger partial charge in [-0.2, -0.15) is 0 Å². The molecule has 1 amide bonds. The number of hydrogen-bond donors (Lipinski definition) is 1. The van der Waals surface area contributed by atoms with E-state index in [0.717, 1.165) is 10.0 Å². The third kappa shape index (κ3) is 3.98. The summed E-state index contributed by atoms with van der Waals surface area (Å²) in [5, 5.41) is 4.10. The Morgan fingerprint density at radius 2 is 1.90 bits per heavy atom. The van der Waals surface area contributed by atoms with Crippen molar-refractivity contribution in [3.05, 3.63) is 68.1 Å². The van der Waals surface area contributed by atoms with Gasteiger partial charge < -0.3 is 5.32 Å². The summed E-state index contributed by atoms with van der Waals surface area (Å²) in [4.78, 5) is 12.0. The fourth-order valence-corrected chi connectivity index (χ4v) is 2.74. The highest BCUT2D eigenvalue weighted by Crippen LogP contribution is 2.21. The summed E-state index contributed by atoms with van der Waals surface area (Å²) in [5.74, 6) is -0.109. The molecule has 0 aliphatic rings. The fraction of sp³-hybridized carbons (Fsp3) is 0.133. The van der Waals surface area contributed by atoms with Gasteiger partial charge in [-0.25, -0.2) is 0 Å². The Morgan fingerprint density at radius 3 is 2.60 bits per heavy atom. The zero-order valence-electron chi connectivity index (χ0n) is 10.5. The first-order valence-corrected chi connectivity index (χ1v) is 7.59. The van der Waals surface area contributed by atoms with E-state index in [-0.39, 0.29) is 5.91 Å². The Morgan fingerprint density at radius 1 is 1.15 bits per heavy atom. The molecule has 2 aromatic carbocycles. The Labute approximate surface area is 136 Å². The summed E-state index contributed by atoms with van der Waals surface area (Å²) in [7, 11) is 0. The summed E-state index contributed by atoms with van der Waals surface area (Å²) in [6, 6.07) is 12.7. The van der Waals surface area contributed by atoms with E-state index < -0.39 is 0 Å². The van der Waals surface area contributed by atoms with E-state index in [1.165, 1.54) is 0 Å². The first-order valence-electron chi connectivity index (χ1n) is 6.04. The van der Waals surface area contributed by atoms with Gasteiger partial charge in [0.2, 0.25) is 0 Å². The zero-order chi connectivity index (χ0) is 14.5. The van der Waals surface area contributed by atoms with Crippen LogP contribution >= 0.6 is 39.1 Å². The molecule has 0 unspecified atom stereocenters. The second-order valence-electron chi connectivity index (χ2n) is 4.22. The molecule has 20 heavy (non-hydrogen) atoms. The Kier molecular flexibility index (Phi) is 5.46. The van der Waals surface area contributed by atoms with Crippen LogP contribution in [0.4, 0.5) is 0 Å². The van der Waals surface area contributed by atoms with Crippen LogP contribution in [0, 0.1) is 0 Å². The van der Waals surface area contributed by atoms with Crippen LogP contribution in [-0.2, 0) is 6.42 Å². The molecular weight excluding hydrogens is 361 g/mol. The van der Waals surface area contributed by atoms with Crippen LogP contribution in [-0.4, -0.2) is 12.5 Å².